The average molecular weight is 440 g/mol. The van der Waals surface area contributed by atoms with Crippen LogP contribution < -0.4 is 15.6 Å². The number of ether oxygens (including phenoxy) is 1. The molecule has 4 rings (SSSR count). The van der Waals surface area contributed by atoms with Crippen LogP contribution in [-0.4, -0.2) is 15.3 Å². The molecule has 0 saturated heterocycles. The lowest BCUT2D eigenvalue weighted by atomic mass is 10.1. The lowest BCUT2D eigenvalue weighted by Crippen LogP contribution is -2.25. The van der Waals surface area contributed by atoms with E-state index in [9.17, 15) is 14.9 Å². The second-order valence-corrected chi connectivity index (χ2v) is 7.32. The Morgan fingerprint density at radius 2 is 1.97 bits per heavy atom. The molecule has 4 aromatic rings. The highest BCUT2D eigenvalue weighted by Crippen LogP contribution is 2.27. The smallest absolute Gasteiger partial charge is 0.269 e. The number of hydrogen-bond acceptors (Lipinski definition) is 6. The number of nitriles is 1. The van der Waals surface area contributed by atoms with Crippen LogP contribution in [-0.2, 0) is 11.3 Å². The molecule has 1 N–H and O–H groups in total. The van der Waals surface area contributed by atoms with Crippen molar-refractivity contribution in [3.63, 3.8) is 0 Å². The van der Waals surface area contributed by atoms with Crippen molar-refractivity contribution in [1.29, 1.82) is 5.26 Å². The molecule has 8 heteroatoms. The molecule has 8 nitrogen and oxygen atoms in total. The van der Waals surface area contributed by atoms with E-state index < -0.39 is 11.5 Å². The van der Waals surface area contributed by atoms with Crippen LogP contribution in [0.15, 0.2) is 75.8 Å². The van der Waals surface area contributed by atoms with Gasteiger partial charge in [-0.15, -0.1) is 0 Å². The van der Waals surface area contributed by atoms with Gasteiger partial charge in [-0.2, -0.15) is 10.2 Å². The fraction of sp³-hybridized carbons (Fsp3) is 0.120. The summed E-state index contributed by atoms with van der Waals surface area (Å²) in [5.74, 6) is 0.407. The van der Waals surface area contributed by atoms with E-state index in [1.807, 2.05) is 38.1 Å². The molecular formula is C25H20N4O4. The molecule has 0 fully saturated rings. The Bertz CT molecular complexity index is 1460. The van der Waals surface area contributed by atoms with Crippen LogP contribution in [0, 0.1) is 25.2 Å². The fourth-order valence-electron chi connectivity index (χ4n) is 3.24. The van der Waals surface area contributed by atoms with Gasteiger partial charge in [0.05, 0.1) is 12.8 Å². The number of rotatable bonds is 6. The SMILES string of the molecule is Cc1ccccc1Oc1nc2c(C)cccn2c(=O)c1C=C(C#N)C(=O)NCc1ccco1. The van der Waals surface area contributed by atoms with Gasteiger partial charge in [0.2, 0.25) is 5.88 Å². The summed E-state index contributed by atoms with van der Waals surface area (Å²) in [5.41, 5.74) is 1.31. The minimum Gasteiger partial charge on any atom is -0.467 e. The number of pyridine rings is 1. The van der Waals surface area contributed by atoms with Crippen LogP contribution in [0.3, 0.4) is 0 Å². The van der Waals surface area contributed by atoms with E-state index in [0.717, 1.165) is 11.1 Å². The Balaban J connectivity index is 1.81. The summed E-state index contributed by atoms with van der Waals surface area (Å²) >= 11 is 0. The summed E-state index contributed by atoms with van der Waals surface area (Å²) in [6, 6.07) is 16.1. The van der Waals surface area contributed by atoms with E-state index in [1.54, 1.807) is 36.5 Å². The zero-order valence-corrected chi connectivity index (χ0v) is 18.0. The third-order valence-corrected chi connectivity index (χ3v) is 5.01. The normalized spacial score (nSPS) is 11.2. The van der Waals surface area contributed by atoms with Crippen molar-refractivity contribution in [1.82, 2.24) is 14.7 Å². The Labute approximate surface area is 189 Å². The summed E-state index contributed by atoms with van der Waals surface area (Å²) in [5, 5.41) is 12.2. The van der Waals surface area contributed by atoms with E-state index in [1.165, 1.54) is 16.7 Å². The molecule has 1 aromatic carbocycles. The van der Waals surface area contributed by atoms with Gasteiger partial charge in [-0.05, 0) is 55.3 Å². The first-order chi connectivity index (χ1) is 16.0. The molecule has 33 heavy (non-hydrogen) atoms. The highest BCUT2D eigenvalue weighted by molar-refractivity contribution is 6.01. The van der Waals surface area contributed by atoms with Crippen molar-refractivity contribution in [2.24, 2.45) is 0 Å². The topological polar surface area (TPSA) is 110 Å². The van der Waals surface area contributed by atoms with Gasteiger partial charge in [-0.1, -0.05) is 24.3 Å². The maximum absolute atomic E-state index is 13.3. The zero-order valence-electron chi connectivity index (χ0n) is 18.0. The number of furan rings is 1. The van der Waals surface area contributed by atoms with E-state index in [-0.39, 0.29) is 23.6 Å². The summed E-state index contributed by atoms with van der Waals surface area (Å²) in [6.07, 6.45) is 4.27. The third-order valence-electron chi connectivity index (χ3n) is 5.01. The first-order valence-corrected chi connectivity index (χ1v) is 10.2. The average Bonchev–Trinajstić information content (AvgIpc) is 3.33. The molecule has 0 atom stereocenters. The van der Waals surface area contributed by atoms with Crippen molar-refractivity contribution in [2.75, 3.05) is 0 Å². The number of benzene rings is 1. The number of hydrogen-bond donors (Lipinski definition) is 1. The summed E-state index contributed by atoms with van der Waals surface area (Å²) in [4.78, 5) is 30.5. The zero-order chi connectivity index (χ0) is 23.4. The molecule has 0 aliphatic heterocycles. The molecule has 0 aliphatic carbocycles. The summed E-state index contributed by atoms with van der Waals surface area (Å²) in [6.45, 7) is 3.80. The van der Waals surface area contributed by atoms with Gasteiger partial charge in [0, 0.05) is 6.20 Å². The van der Waals surface area contributed by atoms with Crippen LogP contribution in [0.1, 0.15) is 22.5 Å². The van der Waals surface area contributed by atoms with E-state index in [2.05, 4.69) is 10.3 Å². The van der Waals surface area contributed by atoms with Crippen LogP contribution in [0.25, 0.3) is 11.7 Å². The maximum Gasteiger partial charge on any atom is 0.269 e. The highest BCUT2D eigenvalue weighted by atomic mass is 16.5. The number of nitrogens with one attached hydrogen (secondary N) is 1. The van der Waals surface area contributed by atoms with Gasteiger partial charge < -0.3 is 14.5 Å². The Morgan fingerprint density at radius 1 is 1.18 bits per heavy atom. The number of para-hydroxylation sites is 1. The van der Waals surface area contributed by atoms with Crippen LogP contribution in [0.4, 0.5) is 0 Å². The molecule has 164 valence electrons. The first kappa shape index (κ1) is 21.6. The largest absolute Gasteiger partial charge is 0.467 e. The molecule has 0 saturated carbocycles. The maximum atomic E-state index is 13.3. The molecular weight excluding hydrogens is 420 g/mol. The molecule has 0 spiro atoms. The number of carbonyl (C=O) groups excluding carboxylic acids is 1. The molecule has 0 radical (unpaired) electrons. The van der Waals surface area contributed by atoms with Crippen molar-refractivity contribution in [2.45, 2.75) is 20.4 Å². The predicted octanol–water partition coefficient (Wildman–Crippen LogP) is 3.92. The number of carbonyl (C=O) groups is 1. The standard InChI is InChI=1S/C25H20N4O4/c1-16-7-3-4-10-21(16)33-24-20(25(31)29-11-5-8-17(2)22(29)28-24)13-18(14-26)23(30)27-15-19-9-6-12-32-19/h3-13H,15H2,1-2H3,(H,27,30). The van der Waals surface area contributed by atoms with Gasteiger partial charge in [-0.3, -0.25) is 14.0 Å². The Hall–Kier alpha value is -4.64. The lowest BCUT2D eigenvalue weighted by molar-refractivity contribution is -0.117. The quantitative estimate of drug-likeness (QED) is 0.359. The predicted molar refractivity (Wildman–Crippen MR) is 122 cm³/mol. The Kier molecular flexibility index (Phi) is 6.04. The van der Waals surface area contributed by atoms with Gasteiger partial charge in [-0.25, -0.2) is 0 Å². The van der Waals surface area contributed by atoms with Gasteiger partial charge in [0.15, 0.2) is 0 Å². The van der Waals surface area contributed by atoms with Gasteiger partial charge >= 0.3 is 0 Å². The molecule has 0 aliphatic rings. The number of nitrogens with zero attached hydrogens (tertiary/aromatic N) is 3. The van der Waals surface area contributed by atoms with E-state index in [4.69, 9.17) is 9.15 Å². The number of fused-ring (bicyclic) bond motifs is 1. The summed E-state index contributed by atoms with van der Waals surface area (Å²) in [7, 11) is 0. The monoisotopic (exact) mass is 440 g/mol. The Morgan fingerprint density at radius 3 is 2.70 bits per heavy atom. The fourth-order valence-corrected chi connectivity index (χ4v) is 3.24. The second kappa shape index (κ2) is 9.24. The van der Waals surface area contributed by atoms with Crippen molar-refractivity contribution < 1.29 is 13.9 Å². The highest BCUT2D eigenvalue weighted by Gasteiger charge is 2.18. The van der Waals surface area contributed by atoms with Crippen LogP contribution in [0.2, 0.25) is 0 Å². The molecule has 0 unspecified atom stereocenters. The molecule has 3 aromatic heterocycles. The minimum atomic E-state index is -0.649. The third kappa shape index (κ3) is 4.52. The number of aryl methyl sites for hydroxylation is 2. The number of aromatic nitrogens is 2. The van der Waals surface area contributed by atoms with Gasteiger partial charge in [0.1, 0.15) is 34.4 Å². The molecule has 0 bridgehead atoms. The van der Waals surface area contributed by atoms with Gasteiger partial charge in [0.25, 0.3) is 11.5 Å². The van der Waals surface area contributed by atoms with E-state index in [0.29, 0.717) is 17.2 Å². The van der Waals surface area contributed by atoms with E-state index >= 15 is 0 Å². The van der Waals surface area contributed by atoms with Crippen LogP contribution in [0.5, 0.6) is 11.6 Å². The lowest BCUT2D eigenvalue weighted by Gasteiger charge is -2.12. The second-order valence-electron chi connectivity index (χ2n) is 7.32. The van der Waals surface area contributed by atoms with Crippen molar-refractivity contribution in [3.05, 3.63) is 99.4 Å². The molecule has 3 heterocycles. The van der Waals surface area contributed by atoms with Crippen molar-refractivity contribution in [3.8, 4) is 17.7 Å². The number of amides is 1. The van der Waals surface area contributed by atoms with Crippen LogP contribution >= 0.6 is 0 Å². The first-order valence-electron chi connectivity index (χ1n) is 10.2. The van der Waals surface area contributed by atoms with Crippen molar-refractivity contribution >= 4 is 17.6 Å². The molecule has 1 amide bonds. The minimum absolute atomic E-state index is 0.00829. The summed E-state index contributed by atoms with van der Waals surface area (Å²) < 4.78 is 12.6.